The van der Waals surface area contributed by atoms with Gasteiger partial charge in [0, 0.05) is 26.1 Å². The molecule has 0 N–H and O–H groups in total. The van der Waals surface area contributed by atoms with Gasteiger partial charge in [-0.15, -0.1) is 0 Å². The monoisotopic (exact) mass is 420 g/mol. The summed E-state index contributed by atoms with van der Waals surface area (Å²) in [6.07, 6.45) is 2.40. The van der Waals surface area contributed by atoms with Gasteiger partial charge >= 0.3 is 0 Å². The van der Waals surface area contributed by atoms with Crippen molar-refractivity contribution in [3.63, 3.8) is 0 Å². The van der Waals surface area contributed by atoms with Crippen LogP contribution in [0.25, 0.3) is 6.08 Å². The molecule has 2 aliphatic rings. The summed E-state index contributed by atoms with van der Waals surface area (Å²) in [5.41, 5.74) is 0.732. The van der Waals surface area contributed by atoms with E-state index in [1.54, 1.807) is 36.3 Å². The Morgan fingerprint density at radius 3 is 2.59 bits per heavy atom. The van der Waals surface area contributed by atoms with E-state index in [-0.39, 0.29) is 23.6 Å². The number of carbonyl (C=O) groups is 3. The predicted molar refractivity (Wildman–Crippen MR) is 109 cm³/mol. The molecular weight excluding hydrogens is 396 g/mol. The quantitative estimate of drug-likeness (QED) is 0.626. The fourth-order valence-corrected chi connectivity index (χ4v) is 4.01. The lowest BCUT2D eigenvalue weighted by Gasteiger charge is -2.27. The second-order valence-electron chi connectivity index (χ2n) is 6.54. The first kappa shape index (κ1) is 21.2. The van der Waals surface area contributed by atoms with Gasteiger partial charge in [-0.1, -0.05) is 6.07 Å². The van der Waals surface area contributed by atoms with Crippen LogP contribution in [-0.4, -0.2) is 73.9 Å². The minimum atomic E-state index is -0.339. The molecule has 0 saturated carbocycles. The average Bonchev–Trinajstić information content (AvgIpc) is 3.01. The topological polar surface area (TPSA) is 85.4 Å². The van der Waals surface area contributed by atoms with Crippen molar-refractivity contribution in [1.82, 2.24) is 9.80 Å². The Bertz CT molecular complexity index is 819. The number of thioether (sulfide) groups is 1. The first-order valence-corrected chi connectivity index (χ1v) is 10.2. The lowest BCUT2D eigenvalue weighted by molar-refractivity contribution is -0.135. The third-order valence-corrected chi connectivity index (χ3v) is 5.62. The van der Waals surface area contributed by atoms with Crippen LogP contribution in [-0.2, 0) is 14.3 Å². The molecule has 2 saturated heterocycles. The fourth-order valence-electron chi connectivity index (χ4n) is 3.15. The second-order valence-corrected chi connectivity index (χ2v) is 7.54. The molecule has 1 aromatic rings. The Hall–Kier alpha value is -2.52. The van der Waals surface area contributed by atoms with Crippen LogP contribution in [0.5, 0.6) is 11.5 Å². The minimum absolute atomic E-state index is 0.0288. The van der Waals surface area contributed by atoms with Gasteiger partial charge in [0.05, 0.1) is 32.3 Å². The van der Waals surface area contributed by atoms with Gasteiger partial charge in [0.25, 0.3) is 11.1 Å². The van der Waals surface area contributed by atoms with Gasteiger partial charge in [-0.2, -0.15) is 0 Å². The zero-order valence-corrected chi connectivity index (χ0v) is 17.3. The highest BCUT2D eigenvalue weighted by atomic mass is 32.2. The molecule has 0 spiro atoms. The third kappa shape index (κ3) is 5.10. The summed E-state index contributed by atoms with van der Waals surface area (Å²) in [5.74, 6) is 0.819. The minimum Gasteiger partial charge on any atom is -0.493 e. The molecule has 0 unspecified atom stereocenters. The molecule has 8 nitrogen and oxygen atoms in total. The van der Waals surface area contributed by atoms with Crippen molar-refractivity contribution in [3.8, 4) is 11.5 Å². The van der Waals surface area contributed by atoms with Crippen LogP contribution in [0.1, 0.15) is 18.4 Å². The Kier molecular flexibility index (Phi) is 7.16. The van der Waals surface area contributed by atoms with E-state index < -0.39 is 0 Å². The van der Waals surface area contributed by atoms with Crippen molar-refractivity contribution in [2.75, 3.05) is 47.1 Å². The Morgan fingerprint density at radius 1 is 1.17 bits per heavy atom. The van der Waals surface area contributed by atoms with Gasteiger partial charge in [-0.05, 0) is 42.0 Å². The molecule has 9 heteroatoms. The number of morpholine rings is 1. The molecule has 2 fully saturated rings. The number of ether oxygens (including phenoxy) is 3. The number of hydrogen-bond donors (Lipinski definition) is 0. The molecule has 156 valence electrons. The van der Waals surface area contributed by atoms with Crippen LogP contribution in [0.4, 0.5) is 4.79 Å². The van der Waals surface area contributed by atoms with E-state index in [1.165, 1.54) is 12.0 Å². The van der Waals surface area contributed by atoms with Crippen molar-refractivity contribution in [1.29, 1.82) is 0 Å². The number of amides is 3. The summed E-state index contributed by atoms with van der Waals surface area (Å²) in [6, 6.07) is 5.27. The molecule has 29 heavy (non-hydrogen) atoms. The van der Waals surface area contributed by atoms with Gasteiger partial charge in [-0.25, -0.2) is 0 Å². The molecule has 0 aromatic heterocycles. The summed E-state index contributed by atoms with van der Waals surface area (Å²) in [5, 5.41) is -0.319. The lowest BCUT2D eigenvalue weighted by atomic mass is 10.2. The van der Waals surface area contributed by atoms with Crippen LogP contribution in [0.15, 0.2) is 23.1 Å². The summed E-state index contributed by atoms with van der Waals surface area (Å²) in [4.78, 5) is 40.4. The van der Waals surface area contributed by atoms with Crippen LogP contribution >= 0.6 is 11.8 Å². The third-order valence-electron chi connectivity index (χ3n) is 4.72. The number of nitrogens with zero attached hydrogens (tertiary/aromatic N) is 2. The maximum atomic E-state index is 12.6. The number of hydrogen-bond acceptors (Lipinski definition) is 7. The van der Waals surface area contributed by atoms with E-state index in [1.807, 2.05) is 0 Å². The van der Waals surface area contributed by atoms with Crippen molar-refractivity contribution in [2.24, 2.45) is 0 Å². The Labute approximate surface area is 173 Å². The van der Waals surface area contributed by atoms with E-state index in [0.717, 1.165) is 17.3 Å². The van der Waals surface area contributed by atoms with E-state index in [0.29, 0.717) is 55.5 Å². The smallest absolute Gasteiger partial charge is 0.293 e. The molecule has 0 aliphatic carbocycles. The van der Waals surface area contributed by atoms with E-state index in [9.17, 15) is 14.4 Å². The van der Waals surface area contributed by atoms with Gasteiger partial charge in [0.1, 0.15) is 0 Å². The highest BCUT2D eigenvalue weighted by molar-refractivity contribution is 8.18. The lowest BCUT2D eigenvalue weighted by Crippen LogP contribution is -2.41. The van der Waals surface area contributed by atoms with Crippen LogP contribution < -0.4 is 9.47 Å². The van der Waals surface area contributed by atoms with Crippen LogP contribution in [0, 0.1) is 0 Å². The largest absolute Gasteiger partial charge is 0.493 e. The SMILES string of the molecule is COc1ccc(C=C2SC(=O)N(CCCC(=O)N3CCOCC3)C2=O)cc1OC. The number of methoxy groups -OCH3 is 2. The molecule has 0 bridgehead atoms. The molecule has 2 heterocycles. The summed E-state index contributed by atoms with van der Waals surface area (Å²) in [6.45, 7) is 2.51. The maximum Gasteiger partial charge on any atom is 0.293 e. The normalized spacial score (nSPS) is 18.5. The van der Waals surface area contributed by atoms with Crippen molar-refractivity contribution in [3.05, 3.63) is 28.7 Å². The zero-order chi connectivity index (χ0) is 20.8. The van der Waals surface area contributed by atoms with Crippen molar-refractivity contribution in [2.45, 2.75) is 12.8 Å². The fraction of sp³-hybridized carbons (Fsp3) is 0.450. The molecule has 2 aliphatic heterocycles. The number of rotatable bonds is 7. The Morgan fingerprint density at radius 2 is 1.90 bits per heavy atom. The first-order valence-electron chi connectivity index (χ1n) is 9.36. The zero-order valence-electron chi connectivity index (χ0n) is 16.5. The van der Waals surface area contributed by atoms with E-state index in [4.69, 9.17) is 14.2 Å². The highest BCUT2D eigenvalue weighted by Crippen LogP contribution is 2.34. The van der Waals surface area contributed by atoms with Gasteiger partial charge < -0.3 is 19.1 Å². The Balaban J connectivity index is 1.59. The summed E-state index contributed by atoms with van der Waals surface area (Å²) in [7, 11) is 3.08. The van der Waals surface area contributed by atoms with E-state index in [2.05, 4.69) is 0 Å². The van der Waals surface area contributed by atoms with Crippen molar-refractivity contribution < 1.29 is 28.6 Å². The molecule has 0 atom stereocenters. The number of carbonyl (C=O) groups excluding carboxylic acids is 3. The van der Waals surface area contributed by atoms with Gasteiger partial charge in [0.2, 0.25) is 5.91 Å². The molecule has 0 radical (unpaired) electrons. The number of benzene rings is 1. The van der Waals surface area contributed by atoms with Gasteiger partial charge in [0.15, 0.2) is 11.5 Å². The second kappa shape index (κ2) is 9.80. The molecular formula is C20H24N2O6S. The standard InChI is InChI=1S/C20H24N2O6S/c1-26-15-6-5-14(12-16(15)27-2)13-17-19(24)22(20(25)29-17)7-3-4-18(23)21-8-10-28-11-9-21/h5-6,12-13H,3-4,7-11H2,1-2H3. The van der Waals surface area contributed by atoms with Gasteiger partial charge in [-0.3, -0.25) is 19.3 Å². The van der Waals surface area contributed by atoms with E-state index >= 15 is 0 Å². The predicted octanol–water partition coefficient (Wildman–Crippen LogP) is 2.38. The van der Waals surface area contributed by atoms with Crippen LogP contribution in [0.3, 0.4) is 0 Å². The van der Waals surface area contributed by atoms with Crippen LogP contribution in [0.2, 0.25) is 0 Å². The maximum absolute atomic E-state index is 12.6. The van der Waals surface area contributed by atoms with Crippen molar-refractivity contribution >= 4 is 34.9 Å². The summed E-state index contributed by atoms with van der Waals surface area (Å²) < 4.78 is 15.7. The molecule has 3 amide bonds. The summed E-state index contributed by atoms with van der Waals surface area (Å²) >= 11 is 0.902. The molecule has 1 aromatic carbocycles. The first-order chi connectivity index (χ1) is 14.0. The average molecular weight is 420 g/mol. The number of imide groups is 1. The highest BCUT2D eigenvalue weighted by Gasteiger charge is 2.34. The molecule has 3 rings (SSSR count).